The van der Waals surface area contributed by atoms with Crippen LogP contribution in [0.2, 0.25) is 15.1 Å². The topological polar surface area (TPSA) is 28.7 Å². The zero-order valence-electron chi connectivity index (χ0n) is 15.2. The van der Waals surface area contributed by atoms with Gasteiger partial charge in [0.1, 0.15) is 0 Å². The molecule has 4 rings (SSSR count). The van der Waals surface area contributed by atoms with Gasteiger partial charge in [-0.1, -0.05) is 77.3 Å². The van der Waals surface area contributed by atoms with Crippen LogP contribution in [-0.4, -0.2) is 4.57 Å². The Morgan fingerprint density at radius 1 is 0.931 bits per heavy atom. The van der Waals surface area contributed by atoms with Crippen LogP contribution in [0.25, 0.3) is 22.6 Å². The highest BCUT2D eigenvalue weighted by Crippen LogP contribution is 2.30. The van der Waals surface area contributed by atoms with E-state index in [4.69, 9.17) is 34.8 Å². The minimum absolute atomic E-state index is 0.517. The number of rotatable bonds is 4. The molecule has 0 N–H and O–H groups in total. The third-order valence-corrected chi connectivity index (χ3v) is 5.68. The third-order valence-electron chi connectivity index (χ3n) is 4.76. The van der Waals surface area contributed by atoms with Crippen molar-refractivity contribution in [3.05, 3.63) is 105 Å². The van der Waals surface area contributed by atoms with Gasteiger partial charge in [0.05, 0.1) is 11.6 Å². The number of hydrogen-bond donors (Lipinski definition) is 0. The summed E-state index contributed by atoms with van der Waals surface area (Å²) in [6.45, 7) is 0.596. The Labute approximate surface area is 184 Å². The van der Waals surface area contributed by atoms with E-state index in [1.54, 1.807) is 12.1 Å². The summed E-state index contributed by atoms with van der Waals surface area (Å²) in [4.78, 5) is 0. The second-order valence-corrected chi connectivity index (χ2v) is 7.87. The van der Waals surface area contributed by atoms with E-state index in [0.29, 0.717) is 32.7 Å². The summed E-state index contributed by atoms with van der Waals surface area (Å²) in [5.74, 6) is 0. The van der Waals surface area contributed by atoms with E-state index in [9.17, 15) is 5.26 Å². The summed E-state index contributed by atoms with van der Waals surface area (Å²) in [6.07, 6.45) is 3.91. The SMILES string of the molecule is N#CC(=Cc1cn(Cc2ccc(Cl)cc2Cl)c2ccccc12)c1ccccc1Cl. The van der Waals surface area contributed by atoms with Crippen molar-refractivity contribution in [2.45, 2.75) is 6.54 Å². The van der Waals surface area contributed by atoms with Gasteiger partial charge >= 0.3 is 0 Å². The van der Waals surface area contributed by atoms with Gasteiger partial charge in [0.25, 0.3) is 0 Å². The zero-order valence-corrected chi connectivity index (χ0v) is 17.5. The Morgan fingerprint density at radius 2 is 1.69 bits per heavy atom. The van der Waals surface area contributed by atoms with Crippen molar-refractivity contribution >= 4 is 57.4 Å². The standard InChI is InChI=1S/C24H15Cl3N2/c25-19-10-9-16(23(27)12-19)14-29-15-18(21-6-2-4-8-24(21)29)11-17(13-28)20-5-1-3-7-22(20)26/h1-12,15H,14H2. The average molecular weight is 438 g/mol. The molecule has 0 spiro atoms. The van der Waals surface area contributed by atoms with Crippen molar-refractivity contribution in [1.29, 1.82) is 5.26 Å². The molecule has 0 aliphatic carbocycles. The van der Waals surface area contributed by atoms with Gasteiger partial charge in [-0.2, -0.15) is 5.26 Å². The van der Waals surface area contributed by atoms with Gasteiger partial charge in [0.15, 0.2) is 0 Å². The molecule has 0 fully saturated rings. The van der Waals surface area contributed by atoms with E-state index in [1.807, 2.05) is 60.8 Å². The van der Waals surface area contributed by atoms with Crippen LogP contribution in [0.15, 0.2) is 72.9 Å². The Kier molecular flexibility index (Phi) is 5.65. The van der Waals surface area contributed by atoms with Gasteiger partial charge in [0, 0.05) is 49.8 Å². The summed E-state index contributed by atoms with van der Waals surface area (Å²) < 4.78 is 2.12. The molecule has 0 amide bonds. The number of aromatic nitrogens is 1. The first-order valence-corrected chi connectivity index (χ1v) is 10.1. The molecule has 0 aliphatic rings. The van der Waals surface area contributed by atoms with E-state index < -0.39 is 0 Å². The van der Waals surface area contributed by atoms with Crippen molar-refractivity contribution in [2.75, 3.05) is 0 Å². The monoisotopic (exact) mass is 436 g/mol. The predicted molar refractivity (Wildman–Crippen MR) is 122 cm³/mol. The second-order valence-electron chi connectivity index (χ2n) is 6.61. The van der Waals surface area contributed by atoms with Crippen molar-refractivity contribution in [2.24, 2.45) is 0 Å². The Bertz CT molecular complexity index is 1280. The third kappa shape index (κ3) is 4.04. The Morgan fingerprint density at radius 3 is 2.45 bits per heavy atom. The number of halogens is 3. The second kappa shape index (κ2) is 8.35. The highest BCUT2D eigenvalue weighted by Gasteiger charge is 2.12. The number of nitrogens with zero attached hydrogens (tertiary/aromatic N) is 2. The van der Waals surface area contributed by atoms with Crippen LogP contribution < -0.4 is 0 Å². The minimum atomic E-state index is 0.517. The number of benzene rings is 3. The molecule has 0 aliphatic heterocycles. The zero-order chi connectivity index (χ0) is 20.4. The average Bonchev–Trinajstić information content (AvgIpc) is 3.06. The first-order valence-electron chi connectivity index (χ1n) is 8.95. The lowest BCUT2D eigenvalue weighted by Crippen LogP contribution is -1.98. The molecule has 29 heavy (non-hydrogen) atoms. The number of hydrogen-bond acceptors (Lipinski definition) is 1. The molecule has 0 radical (unpaired) electrons. The first kappa shape index (κ1) is 19.6. The number of para-hydroxylation sites is 1. The first-order chi connectivity index (χ1) is 14.1. The lowest BCUT2D eigenvalue weighted by molar-refractivity contribution is 0.836. The molecular formula is C24H15Cl3N2. The maximum Gasteiger partial charge on any atom is 0.0998 e. The number of nitriles is 1. The largest absolute Gasteiger partial charge is 0.342 e. The van der Waals surface area contributed by atoms with Gasteiger partial charge in [-0.25, -0.2) is 0 Å². The molecule has 0 atom stereocenters. The molecule has 0 saturated carbocycles. The van der Waals surface area contributed by atoms with Gasteiger partial charge in [-0.15, -0.1) is 0 Å². The molecule has 3 aromatic carbocycles. The van der Waals surface area contributed by atoms with Crippen molar-refractivity contribution < 1.29 is 0 Å². The molecule has 2 nitrogen and oxygen atoms in total. The molecule has 1 aromatic heterocycles. The predicted octanol–water partition coefficient (Wildman–Crippen LogP) is 7.71. The fraction of sp³-hybridized carbons (Fsp3) is 0.0417. The Hall–Kier alpha value is -2.70. The molecule has 4 aromatic rings. The number of allylic oxidation sites excluding steroid dienone is 1. The molecule has 142 valence electrons. The summed E-state index contributed by atoms with van der Waals surface area (Å²) in [6, 6.07) is 23.2. The van der Waals surface area contributed by atoms with Gasteiger partial charge < -0.3 is 4.57 Å². The van der Waals surface area contributed by atoms with Gasteiger partial charge in [-0.3, -0.25) is 0 Å². The highest BCUT2D eigenvalue weighted by atomic mass is 35.5. The molecule has 0 saturated heterocycles. The summed E-state index contributed by atoms with van der Waals surface area (Å²) in [5, 5.41) is 12.6. The van der Waals surface area contributed by atoms with E-state index >= 15 is 0 Å². The van der Waals surface area contributed by atoms with E-state index in [-0.39, 0.29) is 0 Å². The molecule has 0 unspecified atom stereocenters. The summed E-state index contributed by atoms with van der Waals surface area (Å²) in [5.41, 5.74) is 4.21. The lowest BCUT2D eigenvalue weighted by atomic mass is 10.0. The quantitative estimate of drug-likeness (QED) is 0.300. The normalized spacial score (nSPS) is 11.6. The summed E-state index contributed by atoms with van der Waals surface area (Å²) >= 11 is 18.7. The number of fused-ring (bicyclic) bond motifs is 1. The fourth-order valence-electron chi connectivity index (χ4n) is 3.36. The van der Waals surface area contributed by atoms with Crippen LogP contribution >= 0.6 is 34.8 Å². The van der Waals surface area contributed by atoms with Crippen LogP contribution in [0.5, 0.6) is 0 Å². The van der Waals surface area contributed by atoms with Crippen LogP contribution in [0, 0.1) is 11.3 Å². The van der Waals surface area contributed by atoms with Crippen LogP contribution in [0.3, 0.4) is 0 Å². The smallest absolute Gasteiger partial charge is 0.0998 e. The molecule has 1 heterocycles. The van der Waals surface area contributed by atoms with Crippen LogP contribution in [0.1, 0.15) is 16.7 Å². The lowest BCUT2D eigenvalue weighted by Gasteiger charge is -2.08. The van der Waals surface area contributed by atoms with Crippen molar-refractivity contribution in [1.82, 2.24) is 4.57 Å². The summed E-state index contributed by atoms with van der Waals surface area (Å²) in [7, 11) is 0. The maximum atomic E-state index is 9.73. The van der Waals surface area contributed by atoms with Crippen molar-refractivity contribution in [3.63, 3.8) is 0 Å². The minimum Gasteiger partial charge on any atom is -0.342 e. The van der Waals surface area contributed by atoms with Crippen LogP contribution in [-0.2, 0) is 6.54 Å². The molecule has 5 heteroatoms. The van der Waals surface area contributed by atoms with Gasteiger partial charge in [0.2, 0.25) is 0 Å². The van der Waals surface area contributed by atoms with Gasteiger partial charge in [-0.05, 0) is 35.9 Å². The van der Waals surface area contributed by atoms with E-state index in [2.05, 4.69) is 16.7 Å². The van der Waals surface area contributed by atoms with E-state index in [0.717, 1.165) is 22.0 Å². The maximum absolute atomic E-state index is 9.73. The molecular weight excluding hydrogens is 423 g/mol. The Balaban J connectivity index is 1.82. The highest BCUT2D eigenvalue weighted by molar-refractivity contribution is 6.35. The molecule has 0 bridgehead atoms. The fourth-order valence-corrected chi connectivity index (χ4v) is 4.07. The van der Waals surface area contributed by atoms with Crippen LogP contribution in [0.4, 0.5) is 0 Å². The van der Waals surface area contributed by atoms with Crippen molar-refractivity contribution in [3.8, 4) is 6.07 Å². The van der Waals surface area contributed by atoms with E-state index in [1.165, 1.54) is 0 Å².